The van der Waals surface area contributed by atoms with E-state index >= 15 is 0 Å². The highest BCUT2D eigenvalue weighted by Gasteiger charge is 2.17. The Kier molecular flexibility index (Phi) is 4.20. The van der Waals surface area contributed by atoms with E-state index < -0.39 is 0 Å². The van der Waals surface area contributed by atoms with Gasteiger partial charge in [0.1, 0.15) is 0 Å². The molecule has 0 aliphatic heterocycles. The molecule has 2 aromatic carbocycles. The van der Waals surface area contributed by atoms with Crippen molar-refractivity contribution in [3.8, 4) is 28.2 Å². The number of hydrogen-bond acceptors (Lipinski definition) is 2. The van der Waals surface area contributed by atoms with Crippen LogP contribution in [0.4, 0.5) is 0 Å². The predicted molar refractivity (Wildman–Crippen MR) is 105 cm³/mol. The third-order valence-electron chi connectivity index (χ3n) is 4.48. The topological polar surface area (TPSA) is 34.9 Å². The number of benzene rings is 2. The van der Waals surface area contributed by atoms with Crippen LogP contribution in [-0.4, -0.2) is 9.55 Å². The maximum atomic E-state index is 12.8. The zero-order chi connectivity index (χ0) is 17.9. The first-order valence-corrected chi connectivity index (χ1v) is 8.53. The van der Waals surface area contributed by atoms with Crippen molar-refractivity contribution in [3.05, 3.63) is 107 Å². The van der Waals surface area contributed by atoms with E-state index in [1.807, 2.05) is 67.6 Å². The van der Waals surface area contributed by atoms with Crippen LogP contribution >= 0.6 is 0 Å². The van der Waals surface area contributed by atoms with Crippen molar-refractivity contribution in [2.24, 2.45) is 0 Å². The quantitative estimate of drug-likeness (QED) is 0.534. The molecule has 0 saturated carbocycles. The summed E-state index contributed by atoms with van der Waals surface area (Å²) < 4.78 is 2.14. The van der Waals surface area contributed by atoms with E-state index in [9.17, 15) is 4.79 Å². The van der Waals surface area contributed by atoms with Gasteiger partial charge in [-0.25, -0.2) is 0 Å². The van der Waals surface area contributed by atoms with E-state index in [0.717, 1.165) is 33.8 Å². The van der Waals surface area contributed by atoms with Crippen LogP contribution in [0.15, 0.2) is 96.1 Å². The second kappa shape index (κ2) is 6.81. The van der Waals surface area contributed by atoms with Gasteiger partial charge in [0.2, 0.25) is 0 Å². The van der Waals surface area contributed by atoms with Crippen LogP contribution in [0, 0.1) is 6.92 Å². The lowest BCUT2D eigenvalue weighted by Gasteiger charge is -2.21. The average molecular weight is 338 g/mol. The zero-order valence-electron chi connectivity index (χ0n) is 14.5. The molecule has 0 bridgehead atoms. The molecule has 0 atom stereocenters. The van der Waals surface area contributed by atoms with Crippen LogP contribution in [0.2, 0.25) is 0 Å². The van der Waals surface area contributed by atoms with E-state index in [0.29, 0.717) is 0 Å². The summed E-state index contributed by atoms with van der Waals surface area (Å²) in [7, 11) is 0. The van der Waals surface area contributed by atoms with E-state index in [-0.39, 0.29) is 5.43 Å². The lowest BCUT2D eigenvalue weighted by atomic mass is 10.0. The maximum Gasteiger partial charge on any atom is 0.185 e. The molecule has 0 radical (unpaired) electrons. The third-order valence-corrected chi connectivity index (χ3v) is 4.48. The molecule has 0 spiro atoms. The molecule has 0 aliphatic rings. The van der Waals surface area contributed by atoms with Gasteiger partial charge >= 0.3 is 0 Å². The largest absolute Gasteiger partial charge is 0.309 e. The highest BCUT2D eigenvalue weighted by Crippen LogP contribution is 2.30. The van der Waals surface area contributed by atoms with Gasteiger partial charge in [-0.1, -0.05) is 48.5 Å². The Bertz CT molecular complexity index is 1090. The fourth-order valence-electron chi connectivity index (χ4n) is 3.22. The Morgan fingerprint density at radius 3 is 2.12 bits per heavy atom. The zero-order valence-corrected chi connectivity index (χ0v) is 14.5. The van der Waals surface area contributed by atoms with Gasteiger partial charge in [0, 0.05) is 35.3 Å². The van der Waals surface area contributed by atoms with Crippen LogP contribution in [0.3, 0.4) is 0 Å². The van der Waals surface area contributed by atoms with Crippen molar-refractivity contribution in [2.45, 2.75) is 6.92 Å². The molecule has 26 heavy (non-hydrogen) atoms. The molecule has 3 heteroatoms. The Morgan fingerprint density at radius 1 is 0.808 bits per heavy atom. The van der Waals surface area contributed by atoms with Gasteiger partial charge in [0.25, 0.3) is 0 Å². The van der Waals surface area contributed by atoms with Gasteiger partial charge in [0.15, 0.2) is 5.43 Å². The Hall–Kier alpha value is -3.46. The average Bonchev–Trinajstić information content (AvgIpc) is 2.71. The molecule has 126 valence electrons. The summed E-state index contributed by atoms with van der Waals surface area (Å²) in [6.45, 7) is 1.89. The Balaban J connectivity index is 2.14. The Morgan fingerprint density at radius 2 is 1.46 bits per heavy atom. The summed E-state index contributed by atoms with van der Waals surface area (Å²) in [5, 5.41) is 0. The van der Waals surface area contributed by atoms with Gasteiger partial charge in [-0.3, -0.25) is 9.78 Å². The minimum Gasteiger partial charge on any atom is -0.309 e. The second-order valence-corrected chi connectivity index (χ2v) is 6.15. The van der Waals surface area contributed by atoms with E-state index in [2.05, 4.69) is 21.7 Å². The van der Waals surface area contributed by atoms with Crippen LogP contribution < -0.4 is 5.43 Å². The van der Waals surface area contributed by atoms with Crippen molar-refractivity contribution in [3.63, 3.8) is 0 Å². The van der Waals surface area contributed by atoms with Gasteiger partial charge in [-0.05, 0) is 36.8 Å². The van der Waals surface area contributed by atoms with E-state index in [1.165, 1.54) is 0 Å². The highest BCUT2D eigenvalue weighted by molar-refractivity contribution is 5.73. The summed E-state index contributed by atoms with van der Waals surface area (Å²) in [5.41, 5.74) is 5.42. The fraction of sp³-hybridized carbons (Fsp3) is 0.0435. The van der Waals surface area contributed by atoms with Crippen molar-refractivity contribution in [1.82, 2.24) is 9.55 Å². The molecule has 4 rings (SSSR count). The van der Waals surface area contributed by atoms with Crippen LogP contribution in [0.5, 0.6) is 0 Å². The summed E-state index contributed by atoms with van der Waals surface area (Å²) in [6.07, 6.45) is 3.53. The molecule has 0 amide bonds. The van der Waals surface area contributed by atoms with Gasteiger partial charge in [0.05, 0.1) is 11.4 Å². The summed E-state index contributed by atoms with van der Waals surface area (Å²) in [4.78, 5) is 17.0. The van der Waals surface area contributed by atoms with E-state index in [4.69, 9.17) is 0 Å². The van der Waals surface area contributed by atoms with Crippen LogP contribution in [0.1, 0.15) is 5.56 Å². The third kappa shape index (κ3) is 2.84. The number of nitrogens with zero attached hydrogens (tertiary/aromatic N) is 2. The Labute approximate surface area is 152 Å². The van der Waals surface area contributed by atoms with Gasteiger partial charge < -0.3 is 4.57 Å². The minimum absolute atomic E-state index is 0.0230. The monoisotopic (exact) mass is 338 g/mol. The number of para-hydroxylation sites is 1. The lowest BCUT2D eigenvalue weighted by Crippen LogP contribution is -2.15. The molecule has 2 heterocycles. The number of pyridine rings is 2. The van der Waals surface area contributed by atoms with Gasteiger partial charge in [-0.2, -0.15) is 0 Å². The smallest absolute Gasteiger partial charge is 0.185 e. The maximum absolute atomic E-state index is 12.8. The minimum atomic E-state index is 0.0230. The first-order valence-electron chi connectivity index (χ1n) is 8.53. The SMILES string of the molecule is Cc1c(-c2ccccc2)n(-c2ccccc2)c(-c2cccnc2)cc1=O. The predicted octanol–water partition coefficient (Wildman–Crippen LogP) is 4.87. The molecular weight excluding hydrogens is 320 g/mol. The molecule has 0 unspecified atom stereocenters. The fourth-order valence-corrected chi connectivity index (χ4v) is 3.22. The summed E-state index contributed by atoms with van der Waals surface area (Å²) in [5.74, 6) is 0. The van der Waals surface area contributed by atoms with Crippen molar-refractivity contribution in [2.75, 3.05) is 0 Å². The molecule has 0 aliphatic carbocycles. The van der Waals surface area contributed by atoms with Gasteiger partial charge in [-0.15, -0.1) is 0 Å². The molecule has 0 fully saturated rings. The standard InChI is InChI=1S/C23H18N2O/c1-17-22(26)15-21(19-11-8-14-24-16-19)25(20-12-6-3-7-13-20)23(17)18-9-4-2-5-10-18/h2-16H,1H3. The lowest BCUT2D eigenvalue weighted by molar-refractivity contribution is 1.04. The first-order chi connectivity index (χ1) is 12.8. The second-order valence-electron chi connectivity index (χ2n) is 6.15. The van der Waals surface area contributed by atoms with Crippen molar-refractivity contribution < 1.29 is 0 Å². The summed E-state index contributed by atoms with van der Waals surface area (Å²) >= 11 is 0. The first kappa shape index (κ1) is 16.0. The van der Waals surface area contributed by atoms with E-state index in [1.54, 1.807) is 18.5 Å². The van der Waals surface area contributed by atoms with Crippen LogP contribution in [-0.2, 0) is 0 Å². The van der Waals surface area contributed by atoms with Crippen molar-refractivity contribution >= 4 is 0 Å². The molecular formula is C23H18N2O. The molecule has 3 nitrogen and oxygen atoms in total. The molecule has 0 N–H and O–H groups in total. The molecule has 2 aromatic heterocycles. The molecule has 4 aromatic rings. The number of aromatic nitrogens is 2. The number of hydrogen-bond donors (Lipinski definition) is 0. The highest BCUT2D eigenvalue weighted by atomic mass is 16.1. The van der Waals surface area contributed by atoms with Crippen LogP contribution in [0.25, 0.3) is 28.2 Å². The summed E-state index contributed by atoms with van der Waals surface area (Å²) in [6, 6.07) is 25.7. The molecule has 0 saturated heterocycles. The normalized spacial score (nSPS) is 10.7. The number of rotatable bonds is 3. The van der Waals surface area contributed by atoms with Crippen molar-refractivity contribution in [1.29, 1.82) is 0 Å².